The van der Waals surface area contributed by atoms with Gasteiger partial charge < -0.3 is 15.2 Å². The van der Waals surface area contributed by atoms with E-state index in [0.29, 0.717) is 11.3 Å². The van der Waals surface area contributed by atoms with Gasteiger partial charge in [-0.3, -0.25) is 0 Å². The van der Waals surface area contributed by atoms with E-state index >= 15 is 0 Å². The third kappa shape index (κ3) is 5.65. The summed E-state index contributed by atoms with van der Waals surface area (Å²) in [6, 6.07) is 9.78. The Balaban J connectivity index is 1.98. The molecular weight excluding hydrogens is 381 g/mol. The number of nitrogens with zero attached hydrogens (tertiary/aromatic N) is 1. The maximum atomic E-state index is 11.8. The highest BCUT2D eigenvalue weighted by atomic mass is 35.5. The van der Waals surface area contributed by atoms with Crippen LogP contribution in [0.15, 0.2) is 41.5 Å². The molecule has 0 bridgehead atoms. The average molecular weight is 396 g/mol. The molecule has 2 amide bonds. The van der Waals surface area contributed by atoms with E-state index in [0.717, 1.165) is 5.56 Å². The van der Waals surface area contributed by atoms with Crippen molar-refractivity contribution in [3.05, 3.63) is 57.6 Å². The maximum Gasteiger partial charge on any atom is 0.341 e. The van der Waals surface area contributed by atoms with Crippen LogP contribution in [-0.2, 0) is 4.79 Å². The molecule has 7 nitrogen and oxygen atoms in total. The summed E-state index contributed by atoms with van der Waals surface area (Å²) in [4.78, 5) is 22.4. The van der Waals surface area contributed by atoms with E-state index in [2.05, 4.69) is 15.8 Å². The maximum absolute atomic E-state index is 11.8. The Bertz CT molecular complexity index is 833. The fourth-order valence-corrected chi connectivity index (χ4v) is 2.57. The second kappa shape index (κ2) is 9.07. The number of amides is 2. The lowest BCUT2D eigenvalue weighted by Crippen LogP contribution is -2.24. The van der Waals surface area contributed by atoms with Crippen LogP contribution in [0.5, 0.6) is 5.75 Å². The zero-order valence-corrected chi connectivity index (χ0v) is 15.1. The molecule has 26 heavy (non-hydrogen) atoms. The molecule has 0 unspecified atom stereocenters. The van der Waals surface area contributed by atoms with E-state index in [9.17, 15) is 9.59 Å². The number of hydrogen-bond donors (Lipinski definition) is 3. The Hall–Kier alpha value is -2.77. The lowest BCUT2D eigenvalue weighted by molar-refractivity contribution is -0.139. The van der Waals surface area contributed by atoms with Crippen LogP contribution in [0.25, 0.3) is 0 Å². The van der Waals surface area contributed by atoms with Crippen molar-refractivity contribution in [2.75, 3.05) is 11.9 Å². The summed E-state index contributed by atoms with van der Waals surface area (Å²) in [5.74, 6) is -1.08. The summed E-state index contributed by atoms with van der Waals surface area (Å²) in [6.07, 6.45) is 1.34. The second-order valence-electron chi connectivity index (χ2n) is 5.14. The molecule has 0 radical (unpaired) electrons. The van der Waals surface area contributed by atoms with Gasteiger partial charge in [0, 0.05) is 5.69 Å². The number of para-hydroxylation sites is 1. The van der Waals surface area contributed by atoms with Gasteiger partial charge in [0.25, 0.3) is 0 Å². The van der Waals surface area contributed by atoms with Gasteiger partial charge in [-0.1, -0.05) is 41.4 Å². The van der Waals surface area contributed by atoms with Crippen molar-refractivity contribution < 1.29 is 19.4 Å². The highest BCUT2D eigenvalue weighted by Crippen LogP contribution is 2.33. The Kier molecular flexibility index (Phi) is 6.82. The number of halogens is 2. The summed E-state index contributed by atoms with van der Waals surface area (Å²) in [7, 11) is 0. The predicted molar refractivity (Wildman–Crippen MR) is 101 cm³/mol. The van der Waals surface area contributed by atoms with Crippen LogP contribution in [-0.4, -0.2) is 29.9 Å². The topological polar surface area (TPSA) is 100 Å². The summed E-state index contributed by atoms with van der Waals surface area (Å²) < 4.78 is 5.02. The SMILES string of the molecule is Cc1ccccc1NC(=O)NN=Cc1cc(Cl)c(OCC(=O)O)c(Cl)c1. The minimum Gasteiger partial charge on any atom is -0.479 e. The van der Waals surface area contributed by atoms with Gasteiger partial charge in [0.2, 0.25) is 0 Å². The van der Waals surface area contributed by atoms with Crippen LogP contribution in [0.3, 0.4) is 0 Å². The van der Waals surface area contributed by atoms with Crippen molar-refractivity contribution in [3.8, 4) is 5.75 Å². The molecule has 2 aromatic rings. The predicted octanol–water partition coefficient (Wildman–Crippen LogP) is 3.92. The molecule has 0 aliphatic rings. The van der Waals surface area contributed by atoms with Crippen LogP contribution < -0.4 is 15.5 Å². The minimum absolute atomic E-state index is 0.0677. The first-order chi connectivity index (χ1) is 12.4. The number of rotatable bonds is 6. The molecule has 3 N–H and O–H groups in total. The van der Waals surface area contributed by atoms with Gasteiger partial charge >= 0.3 is 12.0 Å². The van der Waals surface area contributed by atoms with Crippen molar-refractivity contribution >= 4 is 47.1 Å². The number of aliphatic carboxylic acids is 1. The first-order valence-electron chi connectivity index (χ1n) is 7.36. The van der Waals surface area contributed by atoms with E-state index in [-0.39, 0.29) is 15.8 Å². The number of carbonyl (C=O) groups excluding carboxylic acids is 1. The zero-order valence-electron chi connectivity index (χ0n) is 13.6. The van der Waals surface area contributed by atoms with E-state index in [1.807, 2.05) is 25.1 Å². The number of nitrogens with one attached hydrogen (secondary N) is 2. The molecule has 0 spiro atoms. The number of hydrogen-bond acceptors (Lipinski definition) is 4. The first-order valence-corrected chi connectivity index (χ1v) is 8.11. The summed E-state index contributed by atoms with van der Waals surface area (Å²) in [6.45, 7) is 1.31. The molecule has 0 heterocycles. The molecule has 2 aromatic carbocycles. The van der Waals surface area contributed by atoms with Crippen molar-refractivity contribution in [2.24, 2.45) is 5.10 Å². The van der Waals surface area contributed by atoms with Gasteiger partial charge in [0.15, 0.2) is 12.4 Å². The summed E-state index contributed by atoms with van der Waals surface area (Å²) in [5, 5.41) is 15.4. The van der Waals surface area contributed by atoms with E-state index in [1.165, 1.54) is 18.3 Å². The van der Waals surface area contributed by atoms with Crippen molar-refractivity contribution in [3.63, 3.8) is 0 Å². The number of anilines is 1. The molecule has 0 saturated heterocycles. The molecule has 2 rings (SSSR count). The van der Waals surface area contributed by atoms with Gasteiger partial charge in [-0.2, -0.15) is 5.10 Å². The Morgan fingerprint density at radius 1 is 1.23 bits per heavy atom. The molecule has 0 aliphatic carbocycles. The number of hydrazone groups is 1. The number of benzene rings is 2. The Labute approximate surface area is 159 Å². The zero-order chi connectivity index (χ0) is 19.1. The van der Waals surface area contributed by atoms with Crippen molar-refractivity contribution in [1.29, 1.82) is 0 Å². The number of urea groups is 1. The molecule has 0 atom stereocenters. The van der Waals surface area contributed by atoms with Gasteiger partial charge in [-0.05, 0) is 36.2 Å². The highest BCUT2D eigenvalue weighted by molar-refractivity contribution is 6.37. The van der Waals surface area contributed by atoms with Crippen LogP contribution in [0.1, 0.15) is 11.1 Å². The Morgan fingerprint density at radius 2 is 1.88 bits per heavy atom. The highest BCUT2D eigenvalue weighted by Gasteiger charge is 2.11. The largest absolute Gasteiger partial charge is 0.479 e. The van der Waals surface area contributed by atoms with E-state index in [4.69, 9.17) is 33.0 Å². The lowest BCUT2D eigenvalue weighted by Gasteiger charge is -2.09. The van der Waals surface area contributed by atoms with Crippen molar-refractivity contribution in [1.82, 2.24) is 5.43 Å². The fourth-order valence-electron chi connectivity index (χ4n) is 1.95. The molecule has 136 valence electrons. The Morgan fingerprint density at radius 3 is 2.50 bits per heavy atom. The number of ether oxygens (including phenoxy) is 1. The van der Waals surface area contributed by atoms with Gasteiger partial charge in [0.05, 0.1) is 16.3 Å². The summed E-state index contributed by atoms with van der Waals surface area (Å²) >= 11 is 12.0. The molecule has 0 aromatic heterocycles. The average Bonchev–Trinajstić information content (AvgIpc) is 2.56. The third-order valence-electron chi connectivity index (χ3n) is 3.13. The van der Waals surface area contributed by atoms with E-state index < -0.39 is 18.6 Å². The second-order valence-corrected chi connectivity index (χ2v) is 5.95. The number of carboxylic acids is 1. The number of carbonyl (C=O) groups is 2. The molecule has 0 saturated carbocycles. The lowest BCUT2D eigenvalue weighted by atomic mass is 10.2. The van der Waals surface area contributed by atoms with Gasteiger partial charge in [0.1, 0.15) is 0 Å². The fraction of sp³-hybridized carbons (Fsp3) is 0.118. The number of carboxylic acid groups (broad SMARTS) is 1. The van der Waals surface area contributed by atoms with Crippen LogP contribution in [0.2, 0.25) is 10.0 Å². The molecule has 0 fully saturated rings. The quantitative estimate of drug-likeness (QED) is 0.509. The minimum atomic E-state index is -1.15. The molecular formula is C17H15Cl2N3O4. The summed E-state index contributed by atoms with van der Waals surface area (Å²) in [5.41, 5.74) is 4.41. The smallest absolute Gasteiger partial charge is 0.341 e. The van der Waals surface area contributed by atoms with Gasteiger partial charge in [-0.15, -0.1) is 0 Å². The van der Waals surface area contributed by atoms with Crippen LogP contribution in [0.4, 0.5) is 10.5 Å². The van der Waals surface area contributed by atoms with Crippen LogP contribution >= 0.6 is 23.2 Å². The number of aryl methyl sites for hydroxylation is 1. The van der Waals surface area contributed by atoms with Crippen molar-refractivity contribution in [2.45, 2.75) is 6.92 Å². The standard InChI is InChI=1S/C17H15Cl2N3O4/c1-10-4-2-3-5-14(10)21-17(25)22-20-8-11-6-12(18)16(13(19)7-11)26-9-15(23)24/h2-8H,9H2,1H3,(H,23,24)(H2,21,22,25). The third-order valence-corrected chi connectivity index (χ3v) is 3.70. The monoisotopic (exact) mass is 395 g/mol. The van der Waals surface area contributed by atoms with E-state index in [1.54, 1.807) is 6.07 Å². The molecule has 9 heteroatoms. The van der Waals surface area contributed by atoms with Crippen LogP contribution in [0, 0.1) is 6.92 Å². The molecule has 0 aliphatic heterocycles. The van der Waals surface area contributed by atoms with Gasteiger partial charge in [-0.25, -0.2) is 15.0 Å². The first kappa shape index (κ1) is 19.6. The normalized spacial score (nSPS) is 10.6.